The van der Waals surface area contributed by atoms with Gasteiger partial charge in [0.15, 0.2) is 0 Å². The van der Waals surface area contributed by atoms with Gasteiger partial charge in [-0.1, -0.05) is 170 Å². The molecule has 0 radical (unpaired) electrons. The van der Waals surface area contributed by atoms with Crippen LogP contribution in [0.3, 0.4) is 0 Å². The molecule has 3 atom stereocenters. The number of fused-ring (bicyclic) bond motifs is 19. The van der Waals surface area contributed by atoms with Crippen molar-refractivity contribution in [3.05, 3.63) is 245 Å². The lowest BCUT2D eigenvalue weighted by atomic mass is 9.70. The first-order chi connectivity index (χ1) is 31.2. The summed E-state index contributed by atoms with van der Waals surface area (Å²) in [5, 5.41) is 7.20. The van der Waals surface area contributed by atoms with Crippen molar-refractivity contribution in [3.8, 4) is 39.1 Å². The maximum absolute atomic E-state index is 6.93. The van der Waals surface area contributed by atoms with Crippen LogP contribution in [-0.2, 0) is 5.41 Å². The predicted molar refractivity (Wildman–Crippen MR) is 258 cm³/mol. The second kappa shape index (κ2) is 12.1. The fourth-order valence-corrected chi connectivity index (χ4v) is 12.3. The average molecular weight is 801 g/mol. The minimum Gasteiger partial charge on any atom is -0.485 e. The van der Waals surface area contributed by atoms with Crippen molar-refractivity contribution in [2.24, 2.45) is 5.92 Å². The number of ether oxygens (including phenoxy) is 1. The Hall–Kier alpha value is -7.94. The van der Waals surface area contributed by atoms with Gasteiger partial charge in [-0.25, -0.2) is 0 Å². The van der Waals surface area contributed by atoms with Gasteiger partial charge in [-0.05, 0) is 130 Å². The minimum atomic E-state index is -0.431. The summed E-state index contributed by atoms with van der Waals surface area (Å²) in [4.78, 5) is 0. The van der Waals surface area contributed by atoms with Gasteiger partial charge in [-0.3, -0.25) is 0 Å². The zero-order chi connectivity index (χ0) is 41.0. The summed E-state index contributed by atoms with van der Waals surface area (Å²) in [6.45, 7) is 0. The summed E-state index contributed by atoms with van der Waals surface area (Å²) in [6, 6.07) is 65.2. The Labute approximate surface area is 364 Å². The SMILES string of the molecule is C1=CC2=C(c3cccc4oc5c6ccccc6ccc5c34)C=CC3Oc4ccc(-c5ccc6c(c5)C5(c7ccccc7-6)c6ccccc6-c6c5ccc5ccccc65)cc4C(=C1)C23. The van der Waals surface area contributed by atoms with Gasteiger partial charge in [0.05, 0.1) is 11.3 Å². The van der Waals surface area contributed by atoms with Crippen molar-refractivity contribution in [2.75, 3.05) is 0 Å². The molecule has 9 aromatic carbocycles. The molecule has 292 valence electrons. The Morgan fingerprint density at radius 1 is 0.476 bits per heavy atom. The third-order valence-corrected chi connectivity index (χ3v) is 14.9. The van der Waals surface area contributed by atoms with Gasteiger partial charge in [-0.2, -0.15) is 0 Å². The molecule has 4 aliphatic carbocycles. The van der Waals surface area contributed by atoms with E-state index in [0.29, 0.717) is 0 Å². The van der Waals surface area contributed by atoms with Gasteiger partial charge in [0.1, 0.15) is 23.0 Å². The number of benzene rings is 9. The molecular formula is C61H36O2. The Balaban J connectivity index is 0.883. The molecular weight excluding hydrogens is 765 g/mol. The molecule has 0 saturated heterocycles. The molecule has 2 nitrogen and oxygen atoms in total. The number of hydrogen-bond donors (Lipinski definition) is 0. The van der Waals surface area contributed by atoms with Crippen molar-refractivity contribution >= 4 is 54.6 Å². The number of furan rings is 1. The highest BCUT2D eigenvalue weighted by Crippen LogP contribution is 2.64. The third kappa shape index (κ3) is 4.28. The highest BCUT2D eigenvalue weighted by atomic mass is 16.5. The molecule has 63 heavy (non-hydrogen) atoms. The largest absolute Gasteiger partial charge is 0.485 e. The Morgan fingerprint density at radius 2 is 1.19 bits per heavy atom. The van der Waals surface area contributed by atoms with Gasteiger partial charge in [0, 0.05) is 21.7 Å². The molecule has 1 aliphatic heterocycles. The van der Waals surface area contributed by atoms with Gasteiger partial charge < -0.3 is 9.15 Å². The normalized spacial score (nSPS) is 19.5. The quantitative estimate of drug-likeness (QED) is 0.174. The van der Waals surface area contributed by atoms with Gasteiger partial charge in [0.25, 0.3) is 0 Å². The summed E-state index contributed by atoms with van der Waals surface area (Å²) in [7, 11) is 0. The lowest BCUT2D eigenvalue weighted by Crippen LogP contribution is -2.34. The van der Waals surface area contributed by atoms with Crippen LogP contribution in [0, 0.1) is 5.92 Å². The van der Waals surface area contributed by atoms with Crippen LogP contribution >= 0.6 is 0 Å². The van der Waals surface area contributed by atoms with Crippen molar-refractivity contribution in [1.82, 2.24) is 0 Å². The topological polar surface area (TPSA) is 22.4 Å². The van der Waals surface area contributed by atoms with Crippen molar-refractivity contribution in [1.29, 1.82) is 0 Å². The maximum Gasteiger partial charge on any atom is 0.143 e. The molecule has 0 N–H and O–H groups in total. The zero-order valence-corrected chi connectivity index (χ0v) is 34.1. The van der Waals surface area contributed by atoms with Crippen LogP contribution in [0.15, 0.2) is 216 Å². The van der Waals surface area contributed by atoms with Crippen LogP contribution in [0.25, 0.3) is 88.0 Å². The smallest absolute Gasteiger partial charge is 0.143 e. The monoisotopic (exact) mass is 800 g/mol. The van der Waals surface area contributed by atoms with E-state index >= 15 is 0 Å². The van der Waals surface area contributed by atoms with Crippen LogP contribution in [-0.4, -0.2) is 6.10 Å². The Morgan fingerprint density at radius 3 is 2.10 bits per heavy atom. The fourth-order valence-electron chi connectivity index (χ4n) is 12.3. The molecule has 10 aromatic rings. The van der Waals surface area contributed by atoms with E-state index in [0.717, 1.165) is 38.6 Å². The number of rotatable bonds is 2. The van der Waals surface area contributed by atoms with Crippen LogP contribution in [0.2, 0.25) is 0 Å². The molecule has 3 unspecified atom stereocenters. The van der Waals surface area contributed by atoms with E-state index in [2.05, 4.69) is 206 Å². The zero-order valence-electron chi connectivity index (χ0n) is 34.1. The Bertz CT molecular complexity index is 3850. The first-order valence-corrected chi connectivity index (χ1v) is 22.1. The first kappa shape index (κ1) is 33.7. The first-order valence-electron chi connectivity index (χ1n) is 22.1. The van der Waals surface area contributed by atoms with E-state index in [9.17, 15) is 0 Å². The van der Waals surface area contributed by atoms with Gasteiger partial charge in [-0.15, -0.1) is 0 Å². The molecule has 1 aromatic heterocycles. The summed E-state index contributed by atoms with van der Waals surface area (Å²) in [5.74, 6) is 0.991. The van der Waals surface area contributed by atoms with Crippen LogP contribution < -0.4 is 4.74 Å². The molecule has 15 rings (SSSR count). The third-order valence-electron chi connectivity index (χ3n) is 14.9. The summed E-state index contributed by atoms with van der Waals surface area (Å²) in [5.41, 5.74) is 20.7. The van der Waals surface area contributed by atoms with E-state index in [1.54, 1.807) is 0 Å². The molecule has 0 saturated carbocycles. The second-order valence-electron chi connectivity index (χ2n) is 17.7. The van der Waals surface area contributed by atoms with Crippen LogP contribution in [0.1, 0.15) is 33.4 Å². The fraction of sp³-hybridized carbons (Fsp3) is 0.0492. The van der Waals surface area contributed by atoms with Gasteiger partial charge in [0.2, 0.25) is 0 Å². The molecule has 0 fully saturated rings. The number of allylic oxidation sites excluding steroid dienone is 5. The lowest BCUT2D eigenvalue weighted by molar-refractivity contribution is 0.211. The average Bonchev–Trinajstić information content (AvgIpc) is 3.99. The molecule has 1 spiro atoms. The van der Waals surface area contributed by atoms with Crippen LogP contribution in [0.5, 0.6) is 5.75 Å². The molecule has 5 aliphatic rings. The number of hydrogen-bond acceptors (Lipinski definition) is 2. The van der Waals surface area contributed by atoms with Crippen LogP contribution in [0.4, 0.5) is 0 Å². The van der Waals surface area contributed by atoms with Crippen molar-refractivity contribution < 1.29 is 9.15 Å². The summed E-state index contributed by atoms with van der Waals surface area (Å²) >= 11 is 0. The van der Waals surface area contributed by atoms with E-state index in [4.69, 9.17) is 9.15 Å². The van der Waals surface area contributed by atoms with Gasteiger partial charge >= 0.3 is 0 Å². The highest BCUT2D eigenvalue weighted by Gasteiger charge is 2.52. The minimum absolute atomic E-state index is 0.0612. The summed E-state index contributed by atoms with van der Waals surface area (Å²) in [6.07, 6.45) is 11.3. The molecule has 2 heteroatoms. The van der Waals surface area contributed by atoms with E-state index in [-0.39, 0.29) is 12.0 Å². The second-order valence-corrected chi connectivity index (χ2v) is 17.7. The molecule has 0 amide bonds. The predicted octanol–water partition coefficient (Wildman–Crippen LogP) is 15.3. The maximum atomic E-state index is 6.93. The highest BCUT2D eigenvalue weighted by molar-refractivity contribution is 6.18. The van der Waals surface area contributed by atoms with Crippen molar-refractivity contribution in [3.63, 3.8) is 0 Å². The molecule has 0 bridgehead atoms. The lowest BCUT2D eigenvalue weighted by Gasteiger charge is -2.39. The summed E-state index contributed by atoms with van der Waals surface area (Å²) < 4.78 is 13.6. The molecule has 2 heterocycles. The Kier molecular flexibility index (Phi) is 6.49. The standard InChI is InChI=1S/C61H36O2/c1-3-13-39-35(11-1)25-30-52-57(39)47-16-6-8-21-51(47)61(52)50-20-7-5-15-42(50)43-27-24-38(34-53(43)61)37-26-31-54-49(33-37)46-18-9-17-44-41(29-32-56(62-54)58(44)46)45-19-10-22-55-59(45)48-28-23-36-12-2-4-14-40(36)60(48)63-55/h1-34,56,58H. The van der Waals surface area contributed by atoms with E-state index in [1.807, 2.05) is 0 Å². The van der Waals surface area contributed by atoms with E-state index < -0.39 is 5.41 Å². The van der Waals surface area contributed by atoms with Crippen molar-refractivity contribution in [2.45, 2.75) is 11.5 Å². The van der Waals surface area contributed by atoms with E-state index in [1.165, 1.54) is 94.1 Å².